The van der Waals surface area contributed by atoms with E-state index in [-0.39, 0.29) is 0 Å². The molecule has 0 spiro atoms. The van der Waals surface area contributed by atoms with Crippen LogP contribution in [0.15, 0.2) is 18.2 Å². The molecule has 1 nitrogen and oxygen atoms in total. The number of hydrogen-bond acceptors (Lipinski definition) is 1. The van der Waals surface area contributed by atoms with Gasteiger partial charge in [-0.2, -0.15) is 0 Å². The molecule has 1 rings (SSSR count). The molecule has 0 bridgehead atoms. The Kier molecular flexibility index (Phi) is 1.27. The average Bonchev–Trinajstić information content (AvgIpc) is 1.69. The Morgan fingerprint density at radius 1 is 1.43 bits per heavy atom. The van der Waals surface area contributed by atoms with Crippen molar-refractivity contribution in [1.82, 2.24) is 0 Å². The number of rotatable bonds is 0. The normalized spacial score (nSPS) is 28.4. The molecule has 2 radical (unpaired) electrons. The minimum atomic E-state index is -0.481. The standard InChI is InChI=1S/C6H6O/c7-6-4-2-1-3-5-6/h1-4,6-7H. The first-order valence-corrected chi connectivity index (χ1v) is 2.17. The monoisotopic (exact) mass is 94.0 g/mol. The van der Waals surface area contributed by atoms with Crippen LogP contribution in [-0.4, -0.2) is 11.2 Å². The quantitative estimate of drug-likeness (QED) is 0.463. The third-order valence-corrected chi connectivity index (χ3v) is 0.768. The molecule has 0 aromatic carbocycles. The van der Waals surface area contributed by atoms with Gasteiger partial charge in [-0.25, -0.2) is 0 Å². The second-order valence-corrected chi connectivity index (χ2v) is 1.36. The molecule has 1 aliphatic rings. The van der Waals surface area contributed by atoms with Gasteiger partial charge in [0.2, 0.25) is 0 Å². The predicted molar refractivity (Wildman–Crippen MR) is 27.3 cm³/mol. The Morgan fingerprint density at radius 2 is 2.29 bits per heavy atom. The van der Waals surface area contributed by atoms with Gasteiger partial charge in [0.25, 0.3) is 0 Å². The molecule has 0 saturated carbocycles. The Balaban J connectivity index is 2.49. The van der Waals surface area contributed by atoms with Crippen molar-refractivity contribution in [2.45, 2.75) is 6.10 Å². The van der Waals surface area contributed by atoms with E-state index in [1.807, 2.05) is 6.08 Å². The molecule has 36 valence electrons. The first-order chi connectivity index (χ1) is 3.39. The third kappa shape index (κ3) is 1.16. The van der Waals surface area contributed by atoms with Crippen LogP contribution >= 0.6 is 0 Å². The molecule has 0 aromatic heterocycles. The Bertz CT molecular complexity index is 103. The summed E-state index contributed by atoms with van der Waals surface area (Å²) in [6, 6.07) is 0. The first kappa shape index (κ1) is 4.60. The summed E-state index contributed by atoms with van der Waals surface area (Å²) in [7, 11) is 0. The zero-order valence-corrected chi connectivity index (χ0v) is 3.83. The van der Waals surface area contributed by atoms with Crippen molar-refractivity contribution in [3.8, 4) is 0 Å². The van der Waals surface area contributed by atoms with E-state index in [1.165, 1.54) is 0 Å². The molecule has 1 unspecified atom stereocenters. The highest BCUT2D eigenvalue weighted by Gasteiger charge is 1.96. The molecule has 1 aliphatic carbocycles. The van der Waals surface area contributed by atoms with Gasteiger partial charge in [-0.1, -0.05) is 18.2 Å². The van der Waals surface area contributed by atoms with Gasteiger partial charge in [0, 0.05) is 6.42 Å². The van der Waals surface area contributed by atoms with Gasteiger partial charge in [0.05, 0.1) is 6.10 Å². The van der Waals surface area contributed by atoms with Crippen LogP contribution in [0.25, 0.3) is 0 Å². The van der Waals surface area contributed by atoms with Crippen molar-refractivity contribution >= 4 is 0 Å². The summed E-state index contributed by atoms with van der Waals surface area (Å²) in [5.74, 6) is 0. The molecule has 1 N–H and O–H groups in total. The van der Waals surface area contributed by atoms with E-state index in [1.54, 1.807) is 18.6 Å². The molecule has 0 aromatic rings. The number of aliphatic hydroxyl groups excluding tert-OH is 1. The maximum absolute atomic E-state index is 8.66. The summed E-state index contributed by atoms with van der Waals surface area (Å²) < 4.78 is 0. The van der Waals surface area contributed by atoms with Crippen molar-refractivity contribution in [3.63, 3.8) is 0 Å². The zero-order chi connectivity index (χ0) is 5.11. The van der Waals surface area contributed by atoms with E-state index in [9.17, 15) is 0 Å². The molecular weight excluding hydrogens is 88.1 g/mol. The van der Waals surface area contributed by atoms with E-state index >= 15 is 0 Å². The van der Waals surface area contributed by atoms with E-state index in [0.717, 1.165) is 0 Å². The summed E-state index contributed by atoms with van der Waals surface area (Å²) in [5.41, 5.74) is 0. The molecular formula is C6H6O. The molecule has 1 atom stereocenters. The van der Waals surface area contributed by atoms with Crippen molar-refractivity contribution in [3.05, 3.63) is 30.7 Å². The summed E-state index contributed by atoms with van der Waals surface area (Å²) in [6.45, 7) is 0. The van der Waals surface area contributed by atoms with Gasteiger partial charge in [0.1, 0.15) is 0 Å². The highest BCUT2D eigenvalue weighted by molar-refractivity contribution is 5.15. The van der Waals surface area contributed by atoms with Gasteiger partial charge in [-0.15, -0.1) is 0 Å². The molecule has 0 saturated heterocycles. The van der Waals surface area contributed by atoms with Crippen LogP contribution in [0.2, 0.25) is 0 Å². The maximum atomic E-state index is 8.66. The largest absolute Gasteiger partial charge is 0.388 e. The minimum Gasteiger partial charge on any atom is -0.388 e. The highest BCUT2D eigenvalue weighted by Crippen LogP contribution is 1.97. The van der Waals surface area contributed by atoms with E-state index < -0.39 is 6.10 Å². The van der Waals surface area contributed by atoms with E-state index in [2.05, 4.69) is 6.08 Å². The van der Waals surface area contributed by atoms with Crippen molar-refractivity contribution < 1.29 is 5.11 Å². The summed E-state index contributed by atoms with van der Waals surface area (Å²) >= 11 is 0. The highest BCUT2D eigenvalue weighted by atomic mass is 16.3. The second-order valence-electron chi connectivity index (χ2n) is 1.36. The average molecular weight is 94.1 g/mol. The Labute approximate surface area is 43.0 Å². The Hall–Kier alpha value is -0.560. The van der Waals surface area contributed by atoms with Crippen LogP contribution in [-0.2, 0) is 0 Å². The van der Waals surface area contributed by atoms with Crippen LogP contribution in [0.1, 0.15) is 0 Å². The van der Waals surface area contributed by atoms with Crippen LogP contribution in [0.4, 0.5) is 0 Å². The number of hydrogen-bond donors (Lipinski definition) is 1. The smallest absolute Gasteiger partial charge is 0.0863 e. The van der Waals surface area contributed by atoms with Crippen molar-refractivity contribution in [1.29, 1.82) is 0 Å². The molecule has 0 fully saturated rings. The summed E-state index contributed by atoms with van der Waals surface area (Å²) in [5, 5.41) is 8.66. The van der Waals surface area contributed by atoms with Crippen LogP contribution in [0.3, 0.4) is 0 Å². The zero-order valence-electron chi connectivity index (χ0n) is 3.83. The predicted octanol–water partition coefficient (Wildman–Crippen LogP) is 0.481. The minimum absolute atomic E-state index is 0.481. The SMILES string of the molecule is OC1[C]=CC=C[CH]1. The number of aliphatic hydroxyl groups is 1. The van der Waals surface area contributed by atoms with E-state index in [0.29, 0.717) is 0 Å². The number of allylic oxidation sites excluding steroid dienone is 2. The van der Waals surface area contributed by atoms with Gasteiger partial charge in [-0.05, 0) is 6.08 Å². The third-order valence-electron chi connectivity index (χ3n) is 0.768. The van der Waals surface area contributed by atoms with E-state index in [4.69, 9.17) is 5.11 Å². The van der Waals surface area contributed by atoms with Crippen LogP contribution < -0.4 is 0 Å². The van der Waals surface area contributed by atoms with Crippen molar-refractivity contribution in [2.24, 2.45) is 0 Å². The maximum Gasteiger partial charge on any atom is 0.0863 e. The second kappa shape index (κ2) is 1.94. The summed E-state index contributed by atoms with van der Waals surface area (Å²) in [4.78, 5) is 0. The van der Waals surface area contributed by atoms with Crippen LogP contribution in [0.5, 0.6) is 0 Å². The van der Waals surface area contributed by atoms with Gasteiger partial charge in [-0.3, -0.25) is 0 Å². The van der Waals surface area contributed by atoms with Crippen molar-refractivity contribution in [2.75, 3.05) is 0 Å². The molecule has 7 heavy (non-hydrogen) atoms. The van der Waals surface area contributed by atoms with Gasteiger partial charge < -0.3 is 5.11 Å². The molecule has 0 aliphatic heterocycles. The van der Waals surface area contributed by atoms with Gasteiger partial charge in [0.15, 0.2) is 0 Å². The fourth-order valence-electron chi connectivity index (χ4n) is 0.435. The lowest BCUT2D eigenvalue weighted by Crippen LogP contribution is -2.02. The van der Waals surface area contributed by atoms with Crippen LogP contribution in [0, 0.1) is 12.5 Å². The lowest BCUT2D eigenvalue weighted by atomic mass is 10.1. The lowest BCUT2D eigenvalue weighted by Gasteiger charge is -2.00. The molecule has 1 heteroatoms. The molecule has 0 heterocycles. The Morgan fingerprint density at radius 3 is 2.57 bits per heavy atom. The lowest BCUT2D eigenvalue weighted by molar-refractivity contribution is 0.252. The fourth-order valence-corrected chi connectivity index (χ4v) is 0.435. The molecule has 0 amide bonds. The fraction of sp³-hybridized carbons (Fsp3) is 0.167. The first-order valence-electron chi connectivity index (χ1n) is 2.17. The summed E-state index contributed by atoms with van der Waals surface area (Å²) in [6.07, 6.45) is 9.17. The topological polar surface area (TPSA) is 20.2 Å². The van der Waals surface area contributed by atoms with Gasteiger partial charge >= 0.3 is 0 Å².